The second kappa shape index (κ2) is 6.10. The summed E-state index contributed by atoms with van der Waals surface area (Å²) in [5.41, 5.74) is 7.10. The topological polar surface area (TPSA) is 73.1 Å². The van der Waals surface area contributed by atoms with E-state index in [9.17, 15) is 0 Å². The van der Waals surface area contributed by atoms with Gasteiger partial charge in [-0.1, -0.05) is 24.4 Å². The Kier molecular flexibility index (Phi) is 4.25. The lowest BCUT2D eigenvalue weighted by Crippen LogP contribution is -2.13. The molecule has 0 spiro atoms. The van der Waals surface area contributed by atoms with E-state index in [4.69, 9.17) is 22.7 Å². The summed E-state index contributed by atoms with van der Waals surface area (Å²) in [4.78, 5) is 0.270. The Labute approximate surface area is 116 Å². The number of nitrogens with one attached hydrogen (secondary N) is 1. The zero-order chi connectivity index (χ0) is 13.7. The van der Waals surface area contributed by atoms with Crippen LogP contribution in [0.1, 0.15) is 12.5 Å². The van der Waals surface area contributed by atoms with E-state index in [1.807, 2.05) is 31.2 Å². The van der Waals surface area contributed by atoms with Crippen molar-refractivity contribution in [2.45, 2.75) is 6.92 Å². The fourth-order valence-corrected chi connectivity index (χ4v) is 1.77. The Morgan fingerprint density at radius 2 is 2.16 bits per heavy atom. The number of ether oxygens (including phenoxy) is 1. The van der Waals surface area contributed by atoms with Crippen molar-refractivity contribution >= 4 is 28.7 Å². The van der Waals surface area contributed by atoms with Gasteiger partial charge in [-0.05, 0) is 25.1 Å². The normalized spacial score (nSPS) is 9.95. The van der Waals surface area contributed by atoms with Gasteiger partial charge < -0.3 is 15.8 Å². The lowest BCUT2D eigenvalue weighted by Gasteiger charge is -2.13. The van der Waals surface area contributed by atoms with E-state index in [2.05, 4.69) is 15.5 Å². The van der Waals surface area contributed by atoms with E-state index in [1.54, 1.807) is 12.3 Å². The molecule has 2 rings (SSSR count). The van der Waals surface area contributed by atoms with Gasteiger partial charge in [0.15, 0.2) is 5.82 Å². The third-order valence-electron chi connectivity index (χ3n) is 2.43. The van der Waals surface area contributed by atoms with E-state index in [0.29, 0.717) is 18.0 Å². The lowest BCUT2D eigenvalue weighted by atomic mass is 10.2. The minimum atomic E-state index is 0.270. The zero-order valence-corrected chi connectivity index (χ0v) is 11.3. The van der Waals surface area contributed by atoms with Gasteiger partial charge in [-0.3, -0.25) is 0 Å². The van der Waals surface area contributed by atoms with Gasteiger partial charge in [0, 0.05) is 0 Å². The Morgan fingerprint density at radius 3 is 2.89 bits per heavy atom. The summed E-state index contributed by atoms with van der Waals surface area (Å²) in [5, 5.41) is 11.0. The molecule has 0 aliphatic heterocycles. The van der Waals surface area contributed by atoms with Crippen LogP contribution in [0.4, 0.5) is 11.5 Å². The average molecular weight is 274 g/mol. The zero-order valence-electron chi connectivity index (χ0n) is 10.5. The maximum atomic E-state index is 5.66. The summed E-state index contributed by atoms with van der Waals surface area (Å²) in [5.74, 6) is 1.26. The number of thiocarbonyl (C=S) groups is 1. The summed E-state index contributed by atoms with van der Waals surface area (Å²) in [6, 6.07) is 9.30. The number of anilines is 2. The molecule has 0 aliphatic carbocycles. The van der Waals surface area contributed by atoms with Crippen LogP contribution in [0.15, 0.2) is 36.5 Å². The molecule has 6 heteroatoms. The monoisotopic (exact) mass is 274 g/mol. The largest absolute Gasteiger partial charge is 0.492 e. The molecule has 0 unspecified atom stereocenters. The number of nitrogens with two attached hydrogens (primary N) is 1. The highest BCUT2D eigenvalue weighted by molar-refractivity contribution is 7.80. The number of nitrogens with zero attached hydrogens (tertiary/aromatic N) is 2. The van der Waals surface area contributed by atoms with Gasteiger partial charge in [0.2, 0.25) is 0 Å². The molecule has 0 fully saturated rings. The molecule has 0 saturated heterocycles. The fourth-order valence-electron chi connectivity index (χ4n) is 1.60. The number of hydrogen-bond acceptors (Lipinski definition) is 5. The van der Waals surface area contributed by atoms with E-state index in [1.165, 1.54) is 0 Å². The molecule has 98 valence electrons. The molecule has 1 aromatic carbocycles. The molecule has 5 nitrogen and oxygen atoms in total. The van der Waals surface area contributed by atoms with Crippen molar-refractivity contribution < 1.29 is 4.74 Å². The predicted octanol–water partition coefficient (Wildman–Crippen LogP) is 2.25. The Morgan fingerprint density at radius 1 is 1.37 bits per heavy atom. The second-order valence-electron chi connectivity index (χ2n) is 3.71. The molecular weight excluding hydrogens is 260 g/mol. The van der Waals surface area contributed by atoms with Crippen LogP contribution < -0.4 is 15.8 Å². The number of benzene rings is 1. The fraction of sp³-hybridized carbons (Fsp3) is 0.154. The summed E-state index contributed by atoms with van der Waals surface area (Å²) >= 11 is 4.99. The molecule has 0 radical (unpaired) electrons. The highest BCUT2D eigenvalue weighted by Crippen LogP contribution is 2.27. The molecule has 1 heterocycles. The van der Waals surface area contributed by atoms with Crippen LogP contribution >= 0.6 is 12.2 Å². The van der Waals surface area contributed by atoms with E-state index in [-0.39, 0.29) is 4.99 Å². The minimum absolute atomic E-state index is 0.270. The molecule has 0 saturated carbocycles. The van der Waals surface area contributed by atoms with Crippen molar-refractivity contribution in [3.05, 3.63) is 42.1 Å². The number of rotatable bonds is 5. The van der Waals surface area contributed by atoms with Crippen molar-refractivity contribution in [3.63, 3.8) is 0 Å². The first kappa shape index (κ1) is 13.2. The maximum Gasteiger partial charge on any atom is 0.163 e. The molecule has 0 amide bonds. The second-order valence-corrected chi connectivity index (χ2v) is 4.15. The SMILES string of the molecule is CCOc1ccccc1Nc1nnccc1C(N)=S. The number of hydrogen-bond donors (Lipinski definition) is 2. The molecule has 19 heavy (non-hydrogen) atoms. The third-order valence-corrected chi connectivity index (χ3v) is 2.65. The molecule has 3 N–H and O–H groups in total. The van der Waals surface area contributed by atoms with Crippen LogP contribution in [0, 0.1) is 0 Å². The average Bonchev–Trinajstić information content (AvgIpc) is 2.42. The Bertz CT molecular complexity index is 588. The number of para-hydroxylation sites is 2. The maximum absolute atomic E-state index is 5.66. The van der Waals surface area contributed by atoms with Gasteiger partial charge in [-0.2, -0.15) is 5.10 Å². The van der Waals surface area contributed by atoms with Gasteiger partial charge in [0.25, 0.3) is 0 Å². The van der Waals surface area contributed by atoms with Gasteiger partial charge in [0.05, 0.1) is 24.1 Å². The van der Waals surface area contributed by atoms with Crippen LogP contribution in [-0.2, 0) is 0 Å². The molecule has 1 aromatic heterocycles. The van der Waals surface area contributed by atoms with Crippen molar-refractivity contribution in [1.29, 1.82) is 0 Å². The van der Waals surface area contributed by atoms with Gasteiger partial charge in [-0.25, -0.2) is 0 Å². The van der Waals surface area contributed by atoms with Gasteiger partial charge >= 0.3 is 0 Å². The first-order valence-corrected chi connectivity index (χ1v) is 6.23. The van der Waals surface area contributed by atoms with Crippen LogP contribution in [0.5, 0.6) is 5.75 Å². The minimum Gasteiger partial charge on any atom is -0.492 e. The molecule has 0 atom stereocenters. The first-order chi connectivity index (χ1) is 9.22. The van der Waals surface area contributed by atoms with Crippen LogP contribution in [0.2, 0.25) is 0 Å². The summed E-state index contributed by atoms with van der Waals surface area (Å²) in [7, 11) is 0. The quantitative estimate of drug-likeness (QED) is 0.815. The first-order valence-electron chi connectivity index (χ1n) is 5.82. The van der Waals surface area contributed by atoms with Gasteiger partial charge in [-0.15, -0.1) is 5.10 Å². The molecule has 2 aromatic rings. The van der Waals surface area contributed by atoms with Crippen molar-refractivity contribution in [2.75, 3.05) is 11.9 Å². The summed E-state index contributed by atoms with van der Waals surface area (Å²) < 4.78 is 5.53. The lowest BCUT2D eigenvalue weighted by molar-refractivity contribution is 0.342. The molecule has 0 aliphatic rings. The highest BCUT2D eigenvalue weighted by atomic mass is 32.1. The van der Waals surface area contributed by atoms with E-state index in [0.717, 1.165) is 11.4 Å². The van der Waals surface area contributed by atoms with E-state index >= 15 is 0 Å². The predicted molar refractivity (Wildman–Crippen MR) is 78.8 cm³/mol. The van der Waals surface area contributed by atoms with Gasteiger partial charge in [0.1, 0.15) is 10.7 Å². The standard InChI is InChI=1S/C13H14N4OS/c1-2-18-11-6-4-3-5-10(11)16-13-9(12(14)19)7-8-15-17-13/h3-8H,2H2,1H3,(H2,14,19)(H,16,17). The van der Waals surface area contributed by atoms with Crippen molar-refractivity contribution in [3.8, 4) is 5.75 Å². The smallest absolute Gasteiger partial charge is 0.163 e. The molecule has 0 bridgehead atoms. The van der Waals surface area contributed by atoms with E-state index < -0.39 is 0 Å². The Hall–Kier alpha value is -2.21. The van der Waals surface area contributed by atoms with Crippen LogP contribution in [0.25, 0.3) is 0 Å². The van der Waals surface area contributed by atoms with Crippen LogP contribution in [-0.4, -0.2) is 21.8 Å². The molecular formula is C13H14N4OS. The van der Waals surface area contributed by atoms with Crippen molar-refractivity contribution in [2.24, 2.45) is 5.73 Å². The number of aromatic nitrogens is 2. The van der Waals surface area contributed by atoms with Crippen molar-refractivity contribution in [1.82, 2.24) is 10.2 Å². The summed E-state index contributed by atoms with van der Waals surface area (Å²) in [6.07, 6.45) is 1.55. The third kappa shape index (κ3) is 3.17. The Balaban J connectivity index is 2.34. The highest BCUT2D eigenvalue weighted by Gasteiger charge is 2.09. The summed E-state index contributed by atoms with van der Waals surface area (Å²) in [6.45, 7) is 2.51. The van der Waals surface area contributed by atoms with Crippen LogP contribution in [0.3, 0.4) is 0 Å².